The molecular formula is C11H20N4O. The number of hydrogen-bond acceptors (Lipinski definition) is 4. The Morgan fingerprint density at radius 1 is 1.62 bits per heavy atom. The SMILES string of the molecule is CCCCCC(N)(NC)C(=O)c1ncc[nH]1. The number of rotatable bonds is 7. The number of hydrogen-bond donors (Lipinski definition) is 3. The van der Waals surface area contributed by atoms with E-state index in [1.807, 2.05) is 0 Å². The van der Waals surface area contributed by atoms with E-state index in [-0.39, 0.29) is 5.78 Å². The van der Waals surface area contributed by atoms with Gasteiger partial charge in [-0.1, -0.05) is 19.8 Å². The Bertz CT molecular complexity index is 323. The molecule has 0 saturated heterocycles. The van der Waals surface area contributed by atoms with E-state index < -0.39 is 5.66 Å². The van der Waals surface area contributed by atoms with Crippen molar-refractivity contribution in [2.75, 3.05) is 7.05 Å². The van der Waals surface area contributed by atoms with E-state index in [1.165, 1.54) is 0 Å². The van der Waals surface area contributed by atoms with Crippen molar-refractivity contribution in [2.45, 2.75) is 38.3 Å². The minimum absolute atomic E-state index is 0.184. The normalized spacial score (nSPS) is 14.7. The second-order valence-electron chi connectivity index (χ2n) is 3.95. The van der Waals surface area contributed by atoms with Gasteiger partial charge in [0.05, 0.1) is 0 Å². The van der Waals surface area contributed by atoms with Crippen molar-refractivity contribution < 1.29 is 4.79 Å². The number of imidazole rings is 1. The number of H-pyrrole nitrogens is 1. The highest BCUT2D eigenvalue weighted by molar-refractivity contribution is 5.99. The van der Waals surface area contributed by atoms with Crippen LogP contribution < -0.4 is 11.1 Å². The van der Waals surface area contributed by atoms with Gasteiger partial charge < -0.3 is 10.7 Å². The van der Waals surface area contributed by atoms with Crippen LogP contribution in [0, 0.1) is 0 Å². The number of nitrogens with two attached hydrogens (primary N) is 1. The lowest BCUT2D eigenvalue weighted by Crippen LogP contribution is -2.58. The third-order valence-corrected chi connectivity index (χ3v) is 2.74. The molecule has 1 atom stereocenters. The van der Waals surface area contributed by atoms with Crippen LogP contribution in [-0.4, -0.2) is 28.5 Å². The molecule has 0 aliphatic heterocycles. The van der Waals surface area contributed by atoms with Crippen LogP contribution in [-0.2, 0) is 0 Å². The number of carbonyl (C=O) groups is 1. The summed E-state index contributed by atoms with van der Waals surface area (Å²) < 4.78 is 0. The second kappa shape index (κ2) is 5.77. The van der Waals surface area contributed by atoms with Gasteiger partial charge in [-0.15, -0.1) is 0 Å². The summed E-state index contributed by atoms with van der Waals surface area (Å²) in [7, 11) is 1.70. The summed E-state index contributed by atoms with van der Waals surface area (Å²) in [6, 6.07) is 0. The summed E-state index contributed by atoms with van der Waals surface area (Å²) in [6.45, 7) is 2.12. The number of aromatic nitrogens is 2. The first-order valence-electron chi connectivity index (χ1n) is 5.66. The summed E-state index contributed by atoms with van der Waals surface area (Å²) in [5.74, 6) is 0.129. The topological polar surface area (TPSA) is 83.8 Å². The molecule has 16 heavy (non-hydrogen) atoms. The smallest absolute Gasteiger partial charge is 0.232 e. The molecule has 1 rings (SSSR count). The molecule has 0 spiro atoms. The molecule has 1 aromatic heterocycles. The van der Waals surface area contributed by atoms with Gasteiger partial charge in [-0.05, 0) is 19.9 Å². The van der Waals surface area contributed by atoms with E-state index in [0.717, 1.165) is 19.3 Å². The molecule has 90 valence electrons. The first kappa shape index (κ1) is 12.9. The fourth-order valence-corrected chi connectivity index (χ4v) is 1.61. The van der Waals surface area contributed by atoms with E-state index in [9.17, 15) is 4.79 Å². The molecular weight excluding hydrogens is 204 g/mol. The summed E-state index contributed by atoms with van der Waals surface area (Å²) in [4.78, 5) is 18.8. The summed E-state index contributed by atoms with van der Waals surface area (Å²) in [5, 5.41) is 2.89. The first-order valence-corrected chi connectivity index (χ1v) is 5.66. The van der Waals surface area contributed by atoms with E-state index in [2.05, 4.69) is 22.2 Å². The van der Waals surface area contributed by atoms with Gasteiger partial charge in [-0.25, -0.2) is 4.98 Å². The number of aromatic amines is 1. The molecule has 1 aromatic rings. The van der Waals surface area contributed by atoms with Crippen molar-refractivity contribution in [3.63, 3.8) is 0 Å². The van der Waals surface area contributed by atoms with E-state index in [1.54, 1.807) is 19.4 Å². The van der Waals surface area contributed by atoms with Crippen LogP contribution in [0.3, 0.4) is 0 Å². The van der Waals surface area contributed by atoms with Crippen LogP contribution in [0.2, 0.25) is 0 Å². The monoisotopic (exact) mass is 224 g/mol. The summed E-state index contributed by atoms with van der Waals surface area (Å²) in [5.41, 5.74) is 5.05. The maximum absolute atomic E-state index is 12.1. The van der Waals surface area contributed by atoms with Crippen LogP contribution >= 0.6 is 0 Å². The quantitative estimate of drug-likeness (QED) is 0.367. The highest BCUT2D eigenvalue weighted by atomic mass is 16.1. The van der Waals surface area contributed by atoms with Crippen molar-refractivity contribution >= 4 is 5.78 Å². The van der Waals surface area contributed by atoms with Gasteiger partial charge in [0, 0.05) is 12.4 Å². The zero-order valence-corrected chi connectivity index (χ0v) is 9.92. The molecule has 5 nitrogen and oxygen atoms in total. The first-order chi connectivity index (χ1) is 7.64. The van der Waals surface area contributed by atoms with Crippen molar-refractivity contribution in [1.82, 2.24) is 15.3 Å². The van der Waals surface area contributed by atoms with Crippen LogP contribution in [0.5, 0.6) is 0 Å². The van der Waals surface area contributed by atoms with Crippen molar-refractivity contribution in [3.05, 3.63) is 18.2 Å². The molecule has 0 aliphatic carbocycles. The molecule has 0 saturated carbocycles. The zero-order chi connectivity index (χ0) is 12.0. The standard InChI is InChI=1S/C11H20N4O/c1-3-4-5-6-11(12,13-2)9(16)10-14-7-8-15-10/h7-8,13H,3-6,12H2,1-2H3,(H,14,15). The maximum atomic E-state index is 12.1. The van der Waals surface area contributed by atoms with E-state index in [4.69, 9.17) is 5.73 Å². The summed E-state index contributed by atoms with van der Waals surface area (Å²) >= 11 is 0. The lowest BCUT2D eigenvalue weighted by molar-refractivity contribution is 0.0839. The van der Waals surface area contributed by atoms with Gasteiger partial charge in [-0.2, -0.15) is 0 Å². The van der Waals surface area contributed by atoms with Crippen molar-refractivity contribution in [3.8, 4) is 0 Å². The Balaban J connectivity index is 2.68. The molecule has 1 heterocycles. The molecule has 0 amide bonds. The molecule has 0 radical (unpaired) electrons. The lowest BCUT2D eigenvalue weighted by Gasteiger charge is -2.26. The molecule has 0 bridgehead atoms. The molecule has 0 aliphatic rings. The van der Waals surface area contributed by atoms with E-state index >= 15 is 0 Å². The van der Waals surface area contributed by atoms with Crippen LogP contribution in [0.25, 0.3) is 0 Å². The van der Waals surface area contributed by atoms with E-state index in [0.29, 0.717) is 12.2 Å². The fourth-order valence-electron chi connectivity index (χ4n) is 1.61. The molecule has 4 N–H and O–H groups in total. The predicted octanol–water partition coefficient (Wildman–Crippen LogP) is 1.05. The van der Waals surface area contributed by atoms with Gasteiger partial charge in [0.2, 0.25) is 5.78 Å². The van der Waals surface area contributed by atoms with Gasteiger partial charge in [0.25, 0.3) is 0 Å². The number of nitrogens with zero attached hydrogens (tertiary/aromatic N) is 1. The van der Waals surface area contributed by atoms with Crippen molar-refractivity contribution in [1.29, 1.82) is 0 Å². The third kappa shape index (κ3) is 2.90. The Morgan fingerprint density at radius 2 is 2.38 bits per heavy atom. The van der Waals surface area contributed by atoms with Gasteiger partial charge in [-0.3, -0.25) is 10.1 Å². The Kier molecular flexibility index (Phi) is 4.64. The largest absolute Gasteiger partial charge is 0.342 e. The minimum Gasteiger partial charge on any atom is -0.342 e. The third-order valence-electron chi connectivity index (χ3n) is 2.74. The van der Waals surface area contributed by atoms with Crippen LogP contribution in [0.15, 0.2) is 12.4 Å². The van der Waals surface area contributed by atoms with Crippen LogP contribution in [0.4, 0.5) is 0 Å². The van der Waals surface area contributed by atoms with Crippen molar-refractivity contribution in [2.24, 2.45) is 5.73 Å². The number of ketones is 1. The molecule has 0 fully saturated rings. The Hall–Kier alpha value is -1.20. The lowest BCUT2D eigenvalue weighted by atomic mass is 9.97. The number of nitrogens with one attached hydrogen (secondary N) is 2. The number of Topliss-reactive ketones (excluding diaryl/α,β-unsaturated/α-hetero) is 1. The minimum atomic E-state index is -1.01. The Morgan fingerprint density at radius 3 is 2.88 bits per heavy atom. The average Bonchev–Trinajstić information content (AvgIpc) is 2.81. The van der Waals surface area contributed by atoms with Gasteiger partial charge in [0.1, 0.15) is 5.66 Å². The fraction of sp³-hybridized carbons (Fsp3) is 0.636. The number of likely N-dealkylation sites (N-methyl/N-ethyl adjacent to an activating group) is 1. The highest BCUT2D eigenvalue weighted by Gasteiger charge is 2.33. The van der Waals surface area contributed by atoms with Gasteiger partial charge >= 0.3 is 0 Å². The second-order valence-corrected chi connectivity index (χ2v) is 3.95. The maximum Gasteiger partial charge on any atom is 0.232 e. The average molecular weight is 224 g/mol. The zero-order valence-electron chi connectivity index (χ0n) is 9.92. The highest BCUT2D eigenvalue weighted by Crippen LogP contribution is 2.13. The molecule has 5 heteroatoms. The summed E-state index contributed by atoms with van der Waals surface area (Å²) in [6.07, 6.45) is 6.91. The number of unbranched alkanes of at least 4 members (excludes halogenated alkanes) is 2. The van der Waals surface area contributed by atoms with Gasteiger partial charge in [0.15, 0.2) is 5.82 Å². The predicted molar refractivity (Wildman–Crippen MR) is 63.0 cm³/mol. The Labute approximate surface area is 95.8 Å². The number of carbonyl (C=O) groups excluding carboxylic acids is 1. The van der Waals surface area contributed by atoms with Crippen LogP contribution in [0.1, 0.15) is 43.2 Å². The molecule has 0 aromatic carbocycles. The molecule has 1 unspecified atom stereocenters.